The molecule has 2 rings (SSSR count). The lowest BCUT2D eigenvalue weighted by Crippen LogP contribution is -2.21. The van der Waals surface area contributed by atoms with Crippen LogP contribution in [0.3, 0.4) is 0 Å². The molecular formula is C19H28F2O2. The molecule has 0 spiro atoms. The highest BCUT2D eigenvalue weighted by Crippen LogP contribution is 2.34. The van der Waals surface area contributed by atoms with Crippen molar-refractivity contribution in [1.29, 1.82) is 0 Å². The van der Waals surface area contributed by atoms with Gasteiger partial charge in [0.15, 0.2) is 11.6 Å². The molecule has 1 aliphatic carbocycles. The largest absolute Gasteiger partial charge is 0.385 e. The predicted octanol–water partition coefficient (Wildman–Crippen LogP) is 5.21. The van der Waals surface area contributed by atoms with Crippen molar-refractivity contribution in [2.45, 2.75) is 63.4 Å². The molecule has 2 nitrogen and oxygen atoms in total. The highest BCUT2D eigenvalue weighted by molar-refractivity contribution is 5.22. The maximum atomic E-state index is 13.3. The Morgan fingerprint density at radius 1 is 0.913 bits per heavy atom. The lowest BCUT2D eigenvalue weighted by molar-refractivity contribution is 0.0224. The smallest absolute Gasteiger partial charge is 0.159 e. The molecule has 1 aliphatic rings. The molecule has 0 aromatic heterocycles. The van der Waals surface area contributed by atoms with Gasteiger partial charge in [0.25, 0.3) is 0 Å². The van der Waals surface area contributed by atoms with Gasteiger partial charge in [0, 0.05) is 20.3 Å². The molecular weight excluding hydrogens is 298 g/mol. The van der Waals surface area contributed by atoms with E-state index in [0.29, 0.717) is 12.0 Å². The van der Waals surface area contributed by atoms with Crippen molar-refractivity contribution < 1.29 is 18.3 Å². The second kappa shape index (κ2) is 9.99. The summed E-state index contributed by atoms with van der Waals surface area (Å²) in [7, 11) is 1.74. The van der Waals surface area contributed by atoms with Gasteiger partial charge in [-0.2, -0.15) is 0 Å². The quantitative estimate of drug-likeness (QED) is 0.580. The fraction of sp³-hybridized carbons (Fsp3) is 0.684. The van der Waals surface area contributed by atoms with Crippen LogP contribution in [0.25, 0.3) is 0 Å². The molecule has 0 aliphatic heterocycles. The van der Waals surface area contributed by atoms with Gasteiger partial charge >= 0.3 is 0 Å². The third kappa shape index (κ3) is 6.19. The van der Waals surface area contributed by atoms with E-state index in [9.17, 15) is 8.78 Å². The molecule has 130 valence electrons. The first-order valence-electron chi connectivity index (χ1n) is 8.76. The summed E-state index contributed by atoms with van der Waals surface area (Å²) in [4.78, 5) is 0. The monoisotopic (exact) mass is 326 g/mol. The normalized spacial score (nSPS) is 21.5. The summed E-state index contributed by atoms with van der Waals surface area (Å²) in [6.07, 6.45) is 8.93. The molecule has 0 radical (unpaired) electrons. The summed E-state index contributed by atoms with van der Waals surface area (Å²) < 4.78 is 37.3. The van der Waals surface area contributed by atoms with Crippen LogP contribution in [0.4, 0.5) is 8.78 Å². The zero-order valence-corrected chi connectivity index (χ0v) is 14.0. The fourth-order valence-electron chi connectivity index (χ4n) is 3.28. The number of benzene rings is 1. The third-order valence-electron chi connectivity index (χ3n) is 4.69. The van der Waals surface area contributed by atoms with E-state index < -0.39 is 11.6 Å². The molecule has 23 heavy (non-hydrogen) atoms. The molecule has 1 aromatic rings. The number of methoxy groups -OCH3 is 1. The molecule has 0 bridgehead atoms. The minimum atomic E-state index is -0.767. The van der Waals surface area contributed by atoms with E-state index >= 15 is 0 Å². The van der Waals surface area contributed by atoms with Crippen LogP contribution in [-0.2, 0) is 9.47 Å². The summed E-state index contributed by atoms with van der Waals surface area (Å²) >= 11 is 0. The number of rotatable bonds is 9. The van der Waals surface area contributed by atoms with Gasteiger partial charge in [0.2, 0.25) is 0 Å². The van der Waals surface area contributed by atoms with E-state index in [2.05, 4.69) is 0 Å². The second-order valence-electron chi connectivity index (χ2n) is 6.42. The van der Waals surface area contributed by atoms with Gasteiger partial charge in [-0.05, 0) is 62.1 Å². The fourth-order valence-corrected chi connectivity index (χ4v) is 3.28. The van der Waals surface area contributed by atoms with Gasteiger partial charge in [-0.15, -0.1) is 0 Å². The summed E-state index contributed by atoms with van der Waals surface area (Å²) in [5.74, 6) is -1.18. The molecule has 0 amide bonds. The van der Waals surface area contributed by atoms with Crippen molar-refractivity contribution in [1.82, 2.24) is 0 Å². The van der Waals surface area contributed by atoms with Crippen LogP contribution in [0.1, 0.15) is 62.8 Å². The Labute approximate surface area is 138 Å². The van der Waals surface area contributed by atoms with Gasteiger partial charge in [-0.1, -0.05) is 18.9 Å². The summed E-state index contributed by atoms with van der Waals surface area (Å²) in [5, 5.41) is 0. The van der Waals surface area contributed by atoms with Crippen LogP contribution in [0.5, 0.6) is 0 Å². The van der Waals surface area contributed by atoms with Gasteiger partial charge in [0.1, 0.15) is 0 Å². The average molecular weight is 326 g/mol. The Morgan fingerprint density at radius 3 is 2.26 bits per heavy atom. The maximum absolute atomic E-state index is 13.3. The van der Waals surface area contributed by atoms with E-state index in [0.717, 1.165) is 57.3 Å². The summed E-state index contributed by atoms with van der Waals surface area (Å²) in [6, 6.07) is 4.29. The number of halogens is 2. The first-order valence-corrected chi connectivity index (χ1v) is 8.76. The van der Waals surface area contributed by atoms with Crippen LogP contribution < -0.4 is 0 Å². The van der Waals surface area contributed by atoms with Gasteiger partial charge in [-0.25, -0.2) is 8.78 Å². The average Bonchev–Trinajstić information content (AvgIpc) is 2.57. The molecule has 0 saturated heterocycles. The predicted molar refractivity (Wildman–Crippen MR) is 87.7 cm³/mol. The highest BCUT2D eigenvalue weighted by Gasteiger charge is 2.23. The molecule has 0 unspecified atom stereocenters. The van der Waals surface area contributed by atoms with Gasteiger partial charge in [-0.3, -0.25) is 0 Å². The van der Waals surface area contributed by atoms with Crippen molar-refractivity contribution in [3.63, 3.8) is 0 Å². The van der Waals surface area contributed by atoms with E-state index in [1.54, 1.807) is 13.2 Å². The van der Waals surface area contributed by atoms with Crippen molar-refractivity contribution in [3.05, 3.63) is 35.4 Å². The lowest BCUT2D eigenvalue weighted by Gasteiger charge is -2.29. The number of unbranched alkanes of at least 4 members (excludes halogenated alkanes) is 3. The molecule has 1 fully saturated rings. The van der Waals surface area contributed by atoms with E-state index in [1.807, 2.05) is 0 Å². The minimum absolute atomic E-state index is 0.329. The van der Waals surface area contributed by atoms with Gasteiger partial charge in [0.05, 0.1) is 6.10 Å². The third-order valence-corrected chi connectivity index (χ3v) is 4.69. The first-order chi connectivity index (χ1) is 11.2. The molecule has 0 atom stereocenters. The summed E-state index contributed by atoms with van der Waals surface area (Å²) in [5.41, 5.74) is 0.917. The molecule has 1 saturated carbocycles. The van der Waals surface area contributed by atoms with Crippen LogP contribution in [0.15, 0.2) is 18.2 Å². The zero-order chi connectivity index (χ0) is 16.5. The Hall–Kier alpha value is -1.00. The Bertz CT molecular complexity index is 457. The second-order valence-corrected chi connectivity index (χ2v) is 6.42. The molecule has 0 N–H and O–H groups in total. The number of ether oxygens (including phenoxy) is 2. The van der Waals surface area contributed by atoms with E-state index in [1.165, 1.54) is 25.0 Å². The van der Waals surface area contributed by atoms with E-state index in [4.69, 9.17) is 9.47 Å². The molecule has 0 heterocycles. The van der Waals surface area contributed by atoms with Crippen molar-refractivity contribution >= 4 is 0 Å². The highest BCUT2D eigenvalue weighted by atomic mass is 19.2. The number of hydrogen-bond acceptors (Lipinski definition) is 2. The Balaban J connectivity index is 1.61. The summed E-state index contributed by atoms with van der Waals surface area (Å²) in [6.45, 7) is 1.67. The Morgan fingerprint density at radius 2 is 1.61 bits per heavy atom. The minimum Gasteiger partial charge on any atom is -0.385 e. The van der Waals surface area contributed by atoms with Crippen molar-refractivity contribution in [2.24, 2.45) is 0 Å². The van der Waals surface area contributed by atoms with Crippen molar-refractivity contribution in [2.75, 3.05) is 20.3 Å². The van der Waals surface area contributed by atoms with Crippen LogP contribution in [0, 0.1) is 11.6 Å². The topological polar surface area (TPSA) is 18.5 Å². The van der Waals surface area contributed by atoms with E-state index in [-0.39, 0.29) is 0 Å². The molecule has 4 heteroatoms. The molecule has 1 aromatic carbocycles. The Kier molecular flexibility index (Phi) is 7.96. The van der Waals surface area contributed by atoms with Crippen LogP contribution in [-0.4, -0.2) is 26.4 Å². The van der Waals surface area contributed by atoms with Crippen LogP contribution >= 0.6 is 0 Å². The lowest BCUT2D eigenvalue weighted by atomic mass is 9.82. The van der Waals surface area contributed by atoms with Crippen molar-refractivity contribution in [3.8, 4) is 0 Å². The van der Waals surface area contributed by atoms with Crippen LogP contribution in [0.2, 0.25) is 0 Å². The number of hydrogen-bond donors (Lipinski definition) is 0. The zero-order valence-electron chi connectivity index (χ0n) is 14.0. The van der Waals surface area contributed by atoms with Gasteiger partial charge < -0.3 is 9.47 Å². The standard InChI is InChI=1S/C19H28F2O2/c1-22-12-4-2-3-5-13-23-17-9-6-15(7-10-17)16-8-11-18(20)19(21)14-16/h8,11,14-15,17H,2-7,9-10,12-13H2,1H3. The first kappa shape index (κ1) is 18.3. The SMILES string of the molecule is COCCCCCCOC1CCC(c2ccc(F)c(F)c2)CC1. The maximum Gasteiger partial charge on any atom is 0.159 e.